The third-order valence-electron chi connectivity index (χ3n) is 2.64. The summed E-state index contributed by atoms with van der Waals surface area (Å²) in [6.45, 7) is 2.57. The van der Waals surface area contributed by atoms with Crippen molar-refractivity contribution < 1.29 is 9.53 Å². The number of carbonyl (C=O) groups excluding carboxylic acids is 1. The molecule has 0 atom stereocenters. The van der Waals surface area contributed by atoms with Gasteiger partial charge in [-0.25, -0.2) is 4.98 Å². The molecule has 110 valence electrons. The van der Waals surface area contributed by atoms with Crippen molar-refractivity contribution >= 4 is 34.8 Å². The van der Waals surface area contributed by atoms with E-state index in [1.54, 1.807) is 30.3 Å². The molecule has 1 aromatic heterocycles. The van der Waals surface area contributed by atoms with E-state index in [2.05, 4.69) is 10.3 Å². The molecule has 2 rings (SSSR count). The Labute approximate surface area is 133 Å². The molecule has 2 aromatic rings. The molecule has 21 heavy (non-hydrogen) atoms. The van der Waals surface area contributed by atoms with Crippen LogP contribution in [0.4, 0.5) is 5.69 Å². The first-order valence-corrected chi connectivity index (χ1v) is 7.21. The van der Waals surface area contributed by atoms with Crippen LogP contribution >= 0.6 is 23.2 Å². The van der Waals surface area contributed by atoms with Gasteiger partial charge in [0.2, 0.25) is 0 Å². The smallest absolute Gasteiger partial charge is 0.257 e. The first-order chi connectivity index (χ1) is 10.1. The van der Waals surface area contributed by atoms with Crippen molar-refractivity contribution in [3.63, 3.8) is 0 Å². The molecule has 1 heterocycles. The third kappa shape index (κ3) is 4.34. The van der Waals surface area contributed by atoms with Crippen LogP contribution in [0.15, 0.2) is 36.5 Å². The Morgan fingerprint density at radius 2 is 2.10 bits per heavy atom. The number of pyridine rings is 1. The molecule has 0 saturated carbocycles. The van der Waals surface area contributed by atoms with E-state index in [0.717, 1.165) is 6.42 Å². The zero-order valence-corrected chi connectivity index (χ0v) is 12.9. The molecule has 0 unspecified atom stereocenters. The molecule has 1 N–H and O–H groups in total. The fraction of sp³-hybridized carbons (Fsp3) is 0.200. The van der Waals surface area contributed by atoms with Crippen LogP contribution in [0.1, 0.15) is 23.7 Å². The second-order valence-corrected chi connectivity index (χ2v) is 5.14. The highest BCUT2D eigenvalue weighted by molar-refractivity contribution is 6.31. The number of aromatic nitrogens is 1. The van der Waals surface area contributed by atoms with Gasteiger partial charge in [-0.15, -0.1) is 0 Å². The molecule has 0 radical (unpaired) electrons. The first-order valence-electron chi connectivity index (χ1n) is 6.45. The molecule has 1 amide bonds. The van der Waals surface area contributed by atoms with Crippen LogP contribution in [-0.2, 0) is 0 Å². The Morgan fingerprint density at radius 1 is 1.29 bits per heavy atom. The number of hydrogen-bond acceptors (Lipinski definition) is 3. The number of hydrogen-bond donors (Lipinski definition) is 1. The maximum atomic E-state index is 12.2. The van der Waals surface area contributed by atoms with Crippen molar-refractivity contribution in [3.05, 3.63) is 52.3 Å². The van der Waals surface area contributed by atoms with E-state index in [1.807, 2.05) is 6.92 Å². The number of ether oxygens (including phenoxy) is 1. The molecule has 0 spiro atoms. The standard InChI is InChI=1S/C15H14Cl2N2O2/c1-2-7-21-13-5-4-11(16)8-12(13)19-15(20)10-3-6-14(17)18-9-10/h3-6,8-9H,2,7H2,1H3,(H,19,20). The SMILES string of the molecule is CCCOc1ccc(Cl)cc1NC(=O)c1ccc(Cl)nc1. The molecular formula is C15H14Cl2N2O2. The van der Waals surface area contributed by atoms with Gasteiger partial charge in [-0.05, 0) is 36.8 Å². The number of nitrogens with zero attached hydrogens (tertiary/aromatic N) is 1. The van der Waals surface area contributed by atoms with Gasteiger partial charge in [0, 0.05) is 11.2 Å². The van der Waals surface area contributed by atoms with Crippen LogP contribution in [-0.4, -0.2) is 17.5 Å². The van der Waals surface area contributed by atoms with Crippen molar-refractivity contribution in [2.24, 2.45) is 0 Å². The van der Waals surface area contributed by atoms with Crippen LogP contribution in [0.5, 0.6) is 5.75 Å². The second-order valence-electron chi connectivity index (χ2n) is 4.31. The summed E-state index contributed by atoms with van der Waals surface area (Å²) in [5, 5.41) is 3.62. The van der Waals surface area contributed by atoms with E-state index >= 15 is 0 Å². The van der Waals surface area contributed by atoms with Crippen molar-refractivity contribution in [3.8, 4) is 5.75 Å². The Balaban J connectivity index is 2.19. The average molecular weight is 325 g/mol. The van der Waals surface area contributed by atoms with Crippen molar-refractivity contribution in [1.29, 1.82) is 0 Å². The summed E-state index contributed by atoms with van der Waals surface area (Å²) in [5.41, 5.74) is 0.928. The van der Waals surface area contributed by atoms with Crippen molar-refractivity contribution in [2.45, 2.75) is 13.3 Å². The highest BCUT2D eigenvalue weighted by Gasteiger charge is 2.11. The van der Waals surface area contributed by atoms with Gasteiger partial charge < -0.3 is 10.1 Å². The molecule has 6 heteroatoms. The fourth-order valence-corrected chi connectivity index (χ4v) is 1.93. The lowest BCUT2D eigenvalue weighted by Gasteiger charge is -2.12. The summed E-state index contributed by atoms with van der Waals surface area (Å²) < 4.78 is 5.59. The number of halogens is 2. The zero-order chi connectivity index (χ0) is 15.2. The maximum Gasteiger partial charge on any atom is 0.257 e. The van der Waals surface area contributed by atoms with E-state index in [4.69, 9.17) is 27.9 Å². The lowest BCUT2D eigenvalue weighted by atomic mass is 10.2. The molecule has 4 nitrogen and oxygen atoms in total. The van der Waals surface area contributed by atoms with Crippen LogP contribution in [0.25, 0.3) is 0 Å². The fourth-order valence-electron chi connectivity index (χ4n) is 1.64. The topological polar surface area (TPSA) is 51.2 Å². The Hall–Kier alpha value is -1.78. The van der Waals surface area contributed by atoms with Crippen LogP contribution in [0.3, 0.4) is 0 Å². The predicted molar refractivity (Wildman–Crippen MR) is 84.4 cm³/mol. The molecule has 0 aliphatic carbocycles. The van der Waals surface area contributed by atoms with Gasteiger partial charge in [-0.1, -0.05) is 30.1 Å². The molecule has 0 fully saturated rings. The molecule has 0 bridgehead atoms. The lowest BCUT2D eigenvalue weighted by molar-refractivity contribution is 0.102. The number of amides is 1. The highest BCUT2D eigenvalue weighted by atomic mass is 35.5. The van der Waals surface area contributed by atoms with Crippen LogP contribution < -0.4 is 10.1 Å². The Morgan fingerprint density at radius 3 is 2.76 bits per heavy atom. The molecular weight excluding hydrogens is 311 g/mol. The summed E-state index contributed by atoms with van der Waals surface area (Å²) in [6.07, 6.45) is 2.28. The molecule has 0 aliphatic heterocycles. The van der Waals surface area contributed by atoms with Crippen LogP contribution in [0.2, 0.25) is 10.2 Å². The van der Waals surface area contributed by atoms with Gasteiger partial charge in [0.1, 0.15) is 10.9 Å². The number of rotatable bonds is 5. The zero-order valence-electron chi connectivity index (χ0n) is 11.4. The van der Waals surface area contributed by atoms with E-state index in [1.165, 1.54) is 6.20 Å². The minimum Gasteiger partial charge on any atom is -0.491 e. The van der Waals surface area contributed by atoms with Gasteiger partial charge in [-0.3, -0.25) is 4.79 Å². The average Bonchev–Trinajstić information content (AvgIpc) is 2.47. The van der Waals surface area contributed by atoms with Gasteiger partial charge in [0.05, 0.1) is 17.9 Å². The lowest BCUT2D eigenvalue weighted by Crippen LogP contribution is -2.13. The monoisotopic (exact) mass is 324 g/mol. The normalized spacial score (nSPS) is 10.2. The summed E-state index contributed by atoms with van der Waals surface area (Å²) in [6, 6.07) is 8.25. The Bertz CT molecular complexity index is 630. The molecule has 1 aromatic carbocycles. The number of benzene rings is 1. The minimum atomic E-state index is -0.303. The molecule has 0 aliphatic rings. The summed E-state index contributed by atoms with van der Waals surface area (Å²) >= 11 is 11.7. The largest absolute Gasteiger partial charge is 0.491 e. The van der Waals surface area contributed by atoms with Gasteiger partial charge >= 0.3 is 0 Å². The maximum absolute atomic E-state index is 12.2. The summed E-state index contributed by atoms with van der Waals surface area (Å²) in [7, 11) is 0. The first kappa shape index (κ1) is 15.6. The number of carbonyl (C=O) groups is 1. The summed E-state index contributed by atoms with van der Waals surface area (Å²) in [5.74, 6) is 0.277. The van der Waals surface area contributed by atoms with Gasteiger partial charge in [0.15, 0.2) is 0 Å². The third-order valence-corrected chi connectivity index (χ3v) is 3.10. The highest BCUT2D eigenvalue weighted by Crippen LogP contribution is 2.28. The van der Waals surface area contributed by atoms with E-state index < -0.39 is 0 Å². The van der Waals surface area contributed by atoms with E-state index in [9.17, 15) is 4.79 Å². The Kier molecular flexibility index (Phi) is 5.42. The minimum absolute atomic E-state index is 0.303. The number of nitrogens with one attached hydrogen (secondary N) is 1. The summed E-state index contributed by atoms with van der Waals surface area (Å²) in [4.78, 5) is 16.0. The van der Waals surface area contributed by atoms with Gasteiger partial charge in [0.25, 0.3) is 5.91 Å². The van der Waals surface area contributed by atoms with E-state index in [-0.39, 0.29) is 5.91 Å². The molecule has 0 saturated heterocycles. The van der Waals surface area contributed by atoms with E-state index in [0.29, 0.717) is 33.8 Å². The number of anilines is 1. The van der Waals surface area contributed by atoms with Crippen molar-refractivity contribution in [1.82, 2.24) is 4.98 Å². The predicted octanol–water partition coefficient (Wildman–Crippen LogP) is 4.43. The van der Waals surface area contributed by atoms with Crippen molar-refractivity contribution in [2.75, 3.05) is 11.9 Å². The van der Waals surface area contributed by atoms with Gasteiger partial charge in [-0.2, -0.15) is 0 Å². The van der Waals surface area contributed by atoms with Crippen LogP contribution in [0, 0.1) is 0 Å². The second kappa shape index (κ2) is 7.29. The quantitative estimate of drug-likeness (QED) is 0.828.